The molecular weight excluding hydrogens is 303 g/mol. The van der Waals surface area contributed by atoms with Crippen LogP contribution in [-0.2, 0) is 4.79 Å². The van der Waals surface area contributed by atoms with E-state index in [1.54, 1.807) is 0 Å². The van der Waals surface area contributed by atoms with Gasteiger partial charge in [-0.15, -0.1) is 0 Å². The van der Waals surface area contributed by atoms with Crippen LogP contribution in [0.15, 0.2) is 18.2 Å². The van der Waals surface area contributed by atoms with E-state index < -0.39 is 48.7 Å². The first-order valence-corrected chi connectivity index (χ1v) is 5.39. The molecule has 0 unspecified atom stereocenters. The van der Waals surface area contributed by atoms with E-state index in [-0.39, 0.29) is 0 Å². The molecule has 0 aliphatic carbocycles. The van der Waals surface area contributed by atoms with Gasteiger partial charge in [0.2, 0.25) is 0 Å². The van der Waals surface area contributed by atoms with Gasteiger partial charge >= 0.3 is 12.2 Å². The number of imide groups is 1. The number of carbonyl (C=O) groups is 2. The van der Waals surface area contributed by atoms with Gasteiger partial charge in [0, 0.05) is 6.07 Å². The van der Waals surface area contributed by atoms with Crippen molar-refractivity contribution in [3.05, 3.63) is 29.8 Å². The summed E-state index contributed by atoms with van der Waals surface area (Å²) in [7, 11) is 0. The first-order valence-electron chi connectivity index (χ1n) is 5.39. The van der Waals surface area contributed by atoms with Gasteiger partial charge in [-0.3, -0.25) is 10.1 Å². The number of hydrogen-bond acceptors (Lipinski definition) is 3. The van der Waals surface area contributed by atoms with Crippen LogP contribution in [0, 0.1) is 11.6 Å². The monoisotopic (exact) mass is 312 g/mol. The highest BCUT2D eigenvalue weighted by Crippen LogP contribution is 2.17. The van der Waals surface area contributed by atoms with Crippen molar-refractivity contribution in [2.75, 3.05) is 13.2 Å². The minimum atomic E-state index is -4.62. The Balaban J connectivity index is 2.40. The van der Waals surface area contributed by atoms with E-state index in [0.717, 1.165) is 12.1 Å². The quantitative estimate of drug-likeness (QED) is 0.832. The van der Waals surface area contributed by atoms with Crippen LogP contribution in [0.1, 0.15) is 0 Å². The van der Waals surface area contributed by atoms with Crippen molar-refractivity contribution < 1.29 is 36.3 Å². The lowest BCUT2D eigenvalue weighted by atomic mass is 10.3. The normalized spacial score (nSPS) is 10.9. The van der Waals surface area contributed by atoms with E-state index in [9.17, 15) is 31.5 Å². The summed E-state index contributed by atoms with van der Waals surface area (Å²) in [6, 6.07) is 0.873. The number of rotatable bonds is 4. The van der Waals surface area contributed by atoms with E-state index in [1.165, 1.54) is 10.6 Å². The molecular formula is C11H9F5N2O3. The molecule has 0 saturated heterocycles. The summed E-state index contributed by atoms with van der Waals surface area (Å²) >= 11 is 0. The Morgan fingerprint density at radius 2 is 1.86 bits per heavy atom. The highest BCUT2D eigenvalue weighted by Gasteiger charge is 2.28. The predicted molar refractivity (Wildman–Crippen MR) is 59.4 cm³/mol. The Morgan fingerprint density at radius 1 is 1.19 bits per heavy atom. The van der Waals surface area contributed by atoms with Crippen LogP contribution >= 0.6 is 0 Å². The van der Waals surface area contributed by atoms with Crippen molar-refractivity contribution in [1.82, 2.24) is 10.6 Å². The zero-order valence-electron chi connectivity index (χ0n) is 10.3. The fourth-order valence-corrected chi connectivity index (χ4v) is 1.12. The van der Waals surface area contributed by atoms with E-state index in [1.807, 2.05) is 0 Å². The van der Waals surface area contributed by atoms with Crippen molar-refractivity contribution in [2.45, 2.75) is 6.18 Å². The number of hydrogen-bond donors (Lipinski definition) is 2. The van der Waals surface area contributed by atoms with E-state index in [4.69, 9.17) is 0 Å². The second-order valence-corrected chi connectivity index (χ2v) is 3.71. The molecule has 1 rings (SSSR count). The van der Waals surface area contributed by atoms with Crippen LogP contribution in [0.5, 0.6) is 5.75 Å². The summed E-state index contributed by atoms with van der Waals surface area (Å²) in [4.78, 5) is 22.1. The Bertz CT molecular complexity index is 533. The van der Waals surface area contributed by atoms with Crippen molar-refractivity contribution in [3.63, 3.8) is 0 Å². The van der Waals surface area contributed by atoms with Gasteiger partial charge < -0.3 is 10.1 Å². The maximum absolute atomic E-state index is 13.1. The van der Waals surface area contributed by atoms with E-state index >= 15 is 0 Å². The molecule has 0 radical (unpaired) electrons. The summed E-state index contributed by atoms with van der Waals surface area (Å²) in [5.74, 6) is -3.44. The largest absolute Gasteiger partial charge is 0.481 e. The molecule has 0 aromatic heterocycles. The molecule has 5 nitrogen and oxygen atoms in total. The molecule has 0 aliphatic rings. The molecule has 0 fully saturated rings. The first kappa shape index (κ1) is 16.7. The third kappa shape index (κ3) is 6.54. The Labute approximate surface area is 115 Å². The Kier molecular flexibility index (Phi) is 5.44. The summed E-state index contributed by atoms with van der Waals surface area (Å²) in [6.45, 7) is -2.49. The molecule has 10 heteroatoms. The van der Waals surface area contributed by atoms with Crippen LogP contribution in [-0.4, -0.2) is 31.3 Å². The number of ether oxygens (including phenoxy) is 1. The molecule has 0 atom stereocenters. The fourth-order valence-electron chi connectivity index (χ4n) is 1.12. The lowest BCUT2D eigenvalue weighted by Gasteiger charge is -2.10. The highest BCUT2D eigenvalue weighted by molar-refractivity contribution is 5.95. The van der Waals surface area contributed by atoms with Gasteiger partial charge in [0.25, 0.3) is 5.91 Å². The minimum Gasteiger partial charge on any atom is -0.481 e. The second-order valence-electron chi connectivity index (χ2n) is 3.71. The average molecular weight is 312 g/mol. The Morgan fingerprint density at radius 3 is 2.48 bits per heavy atom. The molecule has 0 bridgehead atoms. The Hall–Kier alpha value is -2.39. The second kappa shape index (κ2) is 6.86. The lowest BCUT2D eigenvalue weighted by Crippen LogP contribution is -2.44. The number of alkyl halides is 3. The molecule has 0 saturated carbocycles. The predicted octanol–water partition coefficient (Wildman–Crippen LogP) is 1.73. The van der Waals surface area contributed by atoms with Crippen molar-refractivity contribution in [1.29, 1.82) is 0 Å². The van der Waals surface area contributed by atoms with Gasteiger partial charge in [0.1, 0.15) is 12.4 Å². The highest BCUT2D eigenvalue weighted by atomic mass is 19.4. The van der Waals surface area contributed by atoms with E-state index in [0.29, 0.717) is 6.07 Å². The summed E-state index contributed by atoms with van der Waals surface area (Å²) in [5.41, 5.74) is 0. The SMILES string of the molecule is O=C(COc1cc(F)ccc1F)NC(=O)NCC(F)(F)F. The van der Waals surface area contributed by atoms with Crippen molar-refractivity contribution in [2.24, 2.45) is 0 Å². The lowest BCUT2D eigenvalue weighted by molar-refractivity contribution is -0.125. The summed E-state index contributed by atoms with van der Waals surface area (Å²) < 4.78 is 65.8. The fraction of sp³-hybridized carbons (Fsp3) is 0.273. The average Bonchev–Trinajstić information content (AvgIpc) is 2.37. The maximum atomic E-state index is 13.1. The molecule has 3 amide bonds. The summed E-state index contributed by atoms with van der Waals surface area (Å²) in [5, 5.41) is 2.91. The molecule has 0 heterocycles. The number of benzene rings is 1. The molecule has 21 heavy (non-hydrogen) atoms. The van der Waals surface area contributed by atoms with Gasteiger partial charge in [0.15, 0.2) is 18.2 Å². The van der Waals surface area contributed by atoms with Crippen LogP contribution in [0.3, 0.4) is 0 Å². The van der Waals surface area contributed by atoms with E-state index in [2.05, 4.69) is 4.74 Å². The van der Waals surface area contributed by atoms with Gasteiger partial charge in [-0.25, -0.2) is 13.6 Å². The third-order valence-electron chi connectivity index (χ3n) is 1.95. The molecule has 1 aromatic rings. The number of carbonyl (C=O) groups excluding carboxylic acids is 2. The number of urea groups is 1. The molecule has 0 spiro atoms. The standard InChI is InChI=1S/C11H9F5N2O3/c12-6-1-2-7(13)8(3-6)21-4-9(19)18-10(20)17-5-11(14,15)16/h1-3H,4-5H2,(H2,17,18,19,20). The van der Waals surface area contributed by atoms with Crippen LogP contribution in [0.4, 0.5) is 26.7 Å². The van der Waals surface area contributed by atoms with Crippen molar-refractivity contribution >= 4 is 11.9 Å². The van der Waals surface area contributed by atoms with Crippen LogP contribution < -0.4 is 15.4 Å². The molecule has 2 N–H and O–H groups in total. The number of amides is 3. The summed E-state index contributed by atoms with van der Waals surface area (Å²) in [6.07, 6.45) is -4.62. The zero-order valence-corrected chi connectivity index (χ0v) is 10.3. The molecule has 116 valence electrons. The van der Waals surface area contributed by atoms with Crippen molar-refractivity contribution in [3.8, 4) is 5.75 Å². The maximum Gasteiger partial charge on any atom is 0.405 e. The zero-order chi connectivity index (χ0) is 16.0. The van der Waals surface area contributed by atoms with Crippen LogP contribution in [0.2, 0.25) is 0 Å². The number of halogens is 5. The van der Waals surface area contributed by atoms with Gasteiger partial charge in [-0.05, 0) is 12.1 Å². The molecule has 1 aromatic carbocycles. The smallest absolute Gasteiger partial charge is 0.405 e. The first-order chi connectivity index (χ1) is 9.67. The number of nitrogens with one attached hydrogen (secondary N) is 2. The van der Waals surface area contributed by atoms with Crippen LogP contribution in [0.25, 0.3) is 0 Å². The minimum absolute atomic E-state index is 0.569. The van der Waals surface area contributed by atoms with Gasteiger partial charge in [0.05, 0.1) is 0 Å². The van der Waals surface area contributed by atoms with Gasteiger partial charge in [-0.2, -0.15) is 13.2 Å². The topological polar surface area (TPSA) is 67.4 Å². The van der Waals surface area contributed by atoms with Gasteiger partial charge in [-0.1, -0.05) is 0 Å². The molecule has 0 aliphatic heterocycles. The third-order valence-corrected chi connectivity index (χ3v) is 1.95.